The standard InChI is InChI=1S/C14H16BrF3N2O/c1-8-3-2-6-19-12(8)13(21)20-11-7-9(14(16,17)18)4-5-10(11)15/h4-5,7-8,12,19H,2-3,6H2,1H3,(H,20,21). The van der Waals surface area contributed by atoms with E-state index in [1.807, 2.05) is 6.92 Å². The van der Waals surface area contributed by atoms with Gasteiger partial charge in [-0.3, -0.25) is 4.79 Å². The molecule has 0 spiro atoms. The molecule has 2 rings (SSSR count). The molecule has 2 unspecified atom stereocenters. The average molecular weight is 365 g/mol. The molecule has 0 aromatic heterocycles. The molecule has 0 radical (unpaired) electrons. The van der Waals surface area contributed by atoms with Crippen molar-refractivity contribution in [3.63, 3.8) is 0 Å². The lowest BCUT2D eigenvalue weighted by Crippen LogP contribution is -2.48. The van der Waals surface area contributed by atoms with Gasteiger partial charge in [0.05, 0.1) is 17.3 Å². The number of halogens is 4. The fourth-order valence-electron chi connectivity index (χ4n) is 2.41. The summed E-state index contributed by atoms with van der Waals surface area (Å²) in [5.41, 5.74) is -0.653. The van der Waals surface area contributed by atoms with Crippen LogP contribution in [0.2, 0.25) is 0 Å². The summed E-state index contributed by atoms with van der Waals surface area (Å²) in [6.45, 7) is 2.70. The zero-order chi connectivity index (χ0) is 15.6. The first kappa shape index (κ1) is 16.3. The molecule has 2 N–H and O–H groups in total. The summed E-state index contributed by atoms with van der Waals surface area (Å²) in [5.74, 6) is -0.148. The molecule has 0 bridgehead atoms. The van der Waals surface area contributed by atoms with E-state index in [1.54, 1.807) is 0 Å². The van der Waals surface area contributed by atoms with Crippen molar-refractivity contribution in [2.75, 3.05) is 11.9 Å². The second-order valence-electron chi connectivity index (χ2n) is 5.23. The van der Waals surface area contributed by atoms with Crippen molar-refractivity contribution in [1.29, 1.82) is 0 Å². The maximum atomic E-state index is 12.7. The first-order valence-corrected chi connectivity index (χ1v) is 7.49. The molecular weight excluding hydrogens is 349 g/mol. The number of amides is 1. The van der Waals surface area contributed by atoms with Crippen molar-refractivity contribution in [2.24, 2.45) is 5.92 Å². The van der Waals surface area contributed by atoms with E-state index in [1.165, 1.54) is 6.07 Å². The van der Waals surface area contributed by atoms with E-state index >= 15 is 0 Å². The Morgan fingerprint density at radius 2 is 2.14 bits per heavy atom. The molecule has 1 aromatic rings. The third-order valence-electron chi connectivity index (χ3n) is 3.60. The number of rotatable bonds is 2. The number of hydrogen-bond acceptors (Lipinski definition) is 2. The molecule has 3 nitrogen and oxygen atoms in total. The SMILES string of the molecule is CC1CCCNC1C(=O)Nc1cc(C(F)(F)F)ccc1Br. The molecule has 21 heavy (non-hydrogen) atoms. The first-order valence-electron chi connectivity index (χ1n) is 6.70. The minimum absolute atomic E-state index is 0.134. The molecule has 1 heterocycles. The van der Waals surface area contributed by atoms with Crippen molar-refractivity contribution in [2.45, 2.75) is 32.0 Å². The molecule has 7 heteroatoms. The fourth-order valence-corrected chi connectivity index (χ4v) is 2.75. The van der Waals surface area contributed by atoms with Crippen LogP contribution in [0.1, 0.15) is 25.3 Å². The minimum atomic E-state index is -4.43. The number of nitrogens with one attached hydrogen (secondary N) is 2. The summed E-state index contributed by atoms with van der Waals surface area (Å²) < 4.78 is 38.6. The van der Waals surface area contributed by atoms with Crippen LogP contribution >= 0.6 is 15.9 Å². The Labute approximate surface area is 129 Å². The minimum Gasteiger partial charge on any atom is -0.324 e. The lowest BCUT2D eigenvalue weighted by Gasteiger charge is -2.29. The maximum Gasteiger partial charge on any atom is 0.416 e. The monoisotopic (exact) mass is 364 g/mol. The third-order valence-corrected chi connectivity index (χ3v) is 4.30. The van der Waals surface area contributed by atoms with Crippen LogP contribution in [0.4, 0.5) is 18.9 Å². The van der Waals surface area contributed by atoms with Gasteiger partial charge in [0.25, 0.3) is 0 Å². The van der Waals surface area contributed by atoms with Gasteiger partial charge < -0.3 is 10.6 Å². The van der Waals surface area contributed by atoms with Gasteiger partial charge in [-0.25, -0.2) is 0 Å². The van der Waals surface area contributed by atoms with Gasteiger partial charge in [-0.05, 0) is 59.4 Å². The van der Waals surface area contributed by atoms with Gasteiger partial charge in [-0.15, -0.1) is 0 Å². The van der Waals surface area contributed by atoms with Gasteiger partial charge in [-0.1, -0.05) is 6.92 Å². The lowest BCUT2D eigenvalue weighted by molar-refractivity contribution is -0.137. The zero-order valence-corrected chi connectivity index (χ0v) is 13.0. The third kappa shape index (κ3) is 3.97. The molecule has 1 aliphatic rings. The summed E-state index contributed by atoms with van der Waals surface area (Å²) in [5, 5.41) is 5.68. The average Bonchev–Trinajstić information content (AvgIpc) is 2.40. The lowest BCUT2D eigenvalue weighted by atomic mass is 9.92. The van der Waals surface area contributed by atoms with Crippen molar-refractivity contribution in [1.82, 2.24) is 5.32 Å². The smallest absolute Gasteiger partial charge is 0.324 e. The number of carbonyl (C=O) groups is 1. The van der Waals surface area contributed by atoms with Crippen LogP contribution in [0.5, 0.6) is 0 Å². The molecular formula is C14H16BrF3N2O. The number of benzene rings is 1. The van der Waals surface area contributed by atoms with Crippen LogP contribution in [0, 0.1) is 5.92 Å². The Kier molecular flexibility index (Phi) is 4.93. The topological polar surface area (TPSA) is 41.1 Å². The van der Waals surface area contributed by atoms with Crippen LogP contribution in [0.15, 0.2) is 22.7 Å². The Bertz CT molecular complexity index is 533. The summed E-state index contributed by atoms with van der Waals surface area (Å²) in [6.07, 6.45) is -2.51. The summed E-state index contributed by atoms with van der Waals surface area (Å²) >= 11 is 3.16. The largest absolute Gasteiger partial charge is 0.416 e. The van der Waals surface area contributed by atoms with Gasteiger partial charge in [0, 0.05) is 4.47 Å². The van der Waals surface area contributed by atoms with E-state index in [0.717, 1.165) is 31.5 Å². The summed E-state index contributed by atoms with van der Waals surface area (Å²) in [6, 6.07) is 2.83. The Balaban J connectivity index is 2.16. The van der Waals surface area contributed by atoms with E-state index in [0.29, 0.717) is 4.47 Å². The molecule has 0 aliphatic carbocycles. The normalized spacial score (nSPS) is 22.9. The zero-order valence-electron chi connectivity index (χ0n) is 11.4. The molecule has 1 fully saturated rings. The van der Waals surface area contributed by atoms with Crippen LogP contribution in [0.25, 0.3) is 0 Å². The highest BCUT2D eigenvalue weighted by molar-refractivity contribution is 9.10. The molecule has 0 saturated carbocycles. The number of anilines is 1. The molecule has 1 saturated heterocycles. The number of alkyl halides is 3. The predicted octanol–water partition coefficient (Wildman–Crippen LogP) is 3.79. The van der Waals surface area contributed by atoms with E-state index in [-0.39, 0.29) is 23.6 Å². The number of carbonyl (C=O) groups excluding carboxylic acids is 1. The van der Waals surface area contributed by atoms with Gasteiger partial charge in [-0.2, -0.15) is 13.2 Å². The highest BCUT2D eigenvalue weighted by Crippen LogP contribution is 2.34. The van der Waals surface area contributed by atoms with Crippen molar-refractivity contribution in [3.05, 3.63) is 28.2 Å². The number of hydrogen-bond donors (Lipinski definition) is 2. The highest BCUT2D eigenvalue weighted by atomic mass is 79.9. The van der Waals surface area contributed by atoms with Gasteiger partial charge in [0.2, 0.25) is 5.91 Å². The second kappa shape index (κ2) is 6.36. The summed E-state index contributed by atoms with van der Waals surface area (Å²) in [4.78, 5) is 12.2. The molecule has 2 atom stereocenters. The Hall–Kier alpha value is -1.08. The molecule has 116 valence electrons. The Morgan fingerprint density at radius 1 is 1.43 bits per heavy atom. The van der Waals surface area contributed by atoms with Crippen LogP contribution in [-0.2, 0) is 11.0 Å². The Morgan fingerprint density at radius 3 is 2.76 bits per heavy atom. The van der Waals surface area contributed by atoms with E-state index < -0.39 is 11.7 Å². The molecule has 1 amide bonds. The predicted molar refractivity (Wildman–Crippen MR) is 78.0 cm³/mol. The van der Waals surface area contributed by atoms with E-state index in [4.69, 9.17) is 0 Å². The van der Waals surface area contributed by atoms with Crippen molar-refractivity contribution >= 4 is 27.5 Å². The van der Waals surface area contributed by atoms with Crippen LogP contribution in [-0.4, -0.2) is 18.5 Å². The van der Waals surface area contributed by atoms with Crippen LogP contribution < -0.4 is 10.6 Å². The van der Waals surface area contributed by atoms with E-state index in [9.17, 15) is 18.0 Å². The summed E-state index contributed by atoms with van der Waals surface area (Å²) in [7, 11) is 0. The molecule has 1 aromatic carbocycles. The quantitative estimate of drug-likeness (QED) is 0.837. The van der Waals surface area contributed by atoms with Crippen molar-refractivity contribution < 1.29 is 18.0 Å². The van der Waals surface area contributed by atoms with Gasteiger partial charge >= 0.3 is 6.18 Å². The first-order chi connectivity index (χ1) is 9.79. The van der Waals surface area contributed by atoms with Gasteiger partial charge in [0.1, 0.15) is 0 Å². The number of piperidine rings is 1. The van der Waals surface area contributed by atoms with Crippen molar-refractivity contribution in [3.8, 4) is 0 Å². The fraction of sp³-hybridized carbons (Fsp3) is 0.500. The molecule has 1 aliphatic heterocycles. The van der Waals surface area contributed by atoms with Gasteiger partial charge in [0.15, 0.2) is 0 Å². The highest BCUT2D eigenvalue weighted by Gasteiger charge is 2.32. The van der Waals surface area contributed by atoms with Crippen LogP contribution in [0.3, 0.4) is 0 Å². The van der Waals surface area contributed by atoms with E-state index in [2.05, 4.69) is 26.6 Å². The maximum absolute atomic E-state index is 12.7. The second-order valence-corrected chi connectivity index (χ2v) is 6.09.